The van der Waals surface area contributed by atoms with E-state index in [1.54, 1.807) is 0 Å². The summed E-state index contributed by atoms with van der Waals surface area (Å²) >= 11 is 0. The van der Waals surface area contributed by atoms with Gasteiger partial charge < -0.3 is 10.1 Å². The number of nitrogens with zero attached hydrogens (tertiary/aromatic N) is 1. The highest BCUT2D eigenvalue weighted by molar-refractivity contribution is 7.89. The van der Waals surface area contributed by atoms with Crippen LogP contribution in [0.5, 0.6) is 0 Å². The molecule has 1 atom stereocenters. The quantitative estimate of drug-likeness (QED) is 0.772. The molecule has 23 heavy (non-hydrogen) atoms. The number of benzene rings is 1. The van der Waals surface area contributed by atoms with E-state index in [1.807, 2.05) is 0 Å². The summed E-state index contributed by atoms with van der Waals surface area (Å²) < 4.78 is 30.1. The monoisotopic (exact) mass is 340 g/mol. The van der Waals surface area contributed by atoms with Crippen LogP contribution in [0.25, 0.3) is 0 Å². The van der Waals surface area contributed by atoms with Gasteiger partial charge >= 0.3 is 5.97 Å². The predicted octanol–water partition coefficient (Wildman–Crippen LogP) is 0.761. The third kappa shape index (κ3) is 4.29. The molecule has 8 heteroatoms. The Kier molecular flexibility index (Phi) is 5.06. The molecule has 0 aromatic heterocycles. The van der Waals surface area contributed by atoms with Crippen LogP contribution in [0.2, 0.25) is 0 Å². The van der Waals surface area contributed by atoms with Crippen LogP contribution in [0.3, 0.4) is 0 Å². The first-order valence-corrected chi connectivity index (χ1v) is 8.70. The predicted molar refractivity (Wildman–Crippen MR) is 83.4 cm³/mol. The fourth-order valence-electron chi connectivity index (χ4n) is 1.80. The summed E-state index contributed by atoms with van der Waals surface area (Å²) in [6.45, 7) is 1.50. The average molecular weight is 340 g/mol. The largest absolute Gasteiger partial charge is 0.449 e. The van der Waals surface area contributed by atoms with Crippen molar-refractivity contribution < 1.29 is 22.7 Å². The van der Waals surface area contributed by atoms with E-state index in [2.05, 4.69) is 5.32 Å². The summed E-state index contributed by atoms with van der Waals surface area (Å²) in [6, 6.07) is 5.59. The van der Waals surface area contributed by atoms with Crippen molar-refractivity contribution in [2.45, 2.75) is 36.8 Å². The molecule has 126 valence electrons. The number of nitrogens with one attached hydrogen (secondary N) is 1. The van der Waals surface area contributed by atoms with E-state index in [1.165, 1.54) is 45.3 Å². The average Bonchev–Trinajstić information content (AvgIpc) is 3.31. The van der Waals surface area contributed by atoms with E-state index in [0.717, 1.165) is 17.1 Å². The van der Waals surface area contributed by atoms with E-state index < -0.39 is 22.1 Å². The number of sulfonamides is 1. The molecule has 2 rings (SSSR count). The number of ether oxygens (including phenoxy) is 1. The molecular weight excluding hydrogens is 320 g/mol. The first kappa shape index (κ1) is 17.4. The van der Waals surface area contributed by atoms with Crippen molar-refractivity contribution >= 4 is 21.9 Å². The van der Waals surface area contributed by atoms with Crippen LogP contribution in [-0.2, 0) is 19.6 Å². The summed E-state index contributed by atoms with van der Waals surface area (Å²) in [5.41, 5.74) is 0.189. The lowest BCUT2D eigenvalue weighted by Gasteiger charge is -2.14. The minimum Gasteiger partial charge on any atom is -0.449 e. The molecule has 1 aromatic rings. The van der Waals surface area contributed by atoms with Crippen LogP contribution < -0.4 is 5.32 Å². The summed E-state index contributed by atoms with van der Waals surface area (Å²) in [5.74, 6) is -0.995. The molecule has 1 fully saturated rings. The van der Waals surface area contributed by atoms with Gasteiger partial charge in [-0.05, 0) is 44.0 Å². The van der Waals surface area contributed by atoms with Crippen LogP contribution in [0, 0.1) is 0 Å². The van der Waals surface area contributed by atoms with Crippen molar-refractivity contribution in [2.24, 2.45) is 0 Å². The molecule has 0 unspecified atom stereocenters. The third-order valence-electron chi connectivity index (χ3n) is 3.45. The van der Waals surface area contributed by atoms with Crippen molar-refractivity contribution in [3.05, 3.63) is 29.8 Å². The number of hydrogen-bond donors (Lipinski definition) is 1. The van der Waals surface area contributed by atoms with E-state index in [9.17, 15) is 18.0 Å². The van der Waals surface area contributed by atoms with Gasteiger partial charge in [-0.2, -0.15) is 0 Å². The fourth-order valence-corrected chi connectivity index (χ4v) is 2.70. The summed E-state index contributed by atoms with van der Waals surface area (Å²) in [7, 11) is -0.689. The minimum atomic E-state index is -3.55. The van der Waals surface area contributed by atoms with Gasteiger partial charge in [-0.3, -0.25) is 4.79 Å². The normalized spacial score (nSPS) is 16.0. The van der Waals surface area contributed by atoms with Crippen LogP contribution in [0.4, 0.5) is 0 Å². The minimum absolute atomic E-state index is 0.0820. The van der Waals surface area contributed by atoms with Gasteiger partial charge in [0.2, 0.25) is 10.0 Å². The highest BCUT2D eigenvalue weighted by atomic mass is 32.2. The third-order valence-corrected chi connectivity index (χ3v) is 5.27. The van der Waals surface area contributed by atoms with Gasteiger partial charge in [0, 0.05) is 20.1 Å². The molecule has 1 amide bonds. The molecule has 0 radical (unpaired) electrons. The smallest absolute Gasteiger partial charge is 0.338 e. The van der Waals surface area contributed by atoms with E-state index in [-0.39, 0.29) is 22.4 Å². The van der Waals surface area contributed by atoms with Crippen molar-refractivity contribution in [1.82, 2.24) is 9.62 Å². The Morgan fingerprint density at radius 2 is 1.78 bits per heavy atom. The molecule has 0 saturated heterocycles. The standard InChI is InChI=1S/C15H20N2O5S/c1-10(14(18)16-12-6-7-12)22-15(19)11-4-8-13(9-5-11)23(20,21)17(2)3/h4-5,8-10,12H,6-7H2,1-3H3,(H,16,18)/t10-/m1/s1. The topological polar surface area (TPSA) is 92.8 Å². The number of amides is 1. The molecule has 0 bridgehead atoms. The number of hydrogen-bond acceptors (Lipinski definition) is 5. The zero-order chi connectivity index (χ0) is 17.2. The summed E-state index contributed by atoms with van der Waals surface area (Å²) in [4.78, 5) is 23.8. The first-order chi connectivity index (χ1) is 10.7. The van der Waals surface area contributed by atoms with Gasteiger partial charge in [-0.1, -0.05) is 0 Å². The highest BCUT2D eigenvalue weighted by Crippen LogP contribution is 2.19. The van der Waals surface area contributed by atoms with Gasteiger partial charge in [0.25, 0.3) is 5.91 Å². The Hall–Kier alpha value is -1.93. The maximum atomic E-state index is 12.0. The second kappa shape index (κ2) is 6.67. The first-order valence-electron chi connectivity index (χ1n) is 7.26. The number of carbonyl (C=O) groups is 2. The van der Waals surface area contributed by atoms with Gasteiger partial charge in [0.05, 0.1) is 10.5 Å². The molecular formula is C15H20N2O5S. The lowest BCUT2D eigenvalue weighted by Crippen LogP contribution is -2.37. The molecule has 1 aliphatic carbocycles. The Morgan fingerprint density at radius 3 is 2.26 bits per heavy atom. The van der Waals surface area contributed by atoms with Gasteiger partial charge in [-0.15, -0.1) is 0 Å². The van der Waals surface area contributed by atoms with Gasteiger partial charge in [0.1, 0.15) is 0 Å². The molecule has 1 saturated carbocycles. The van der Waals surface area contributed by atoms with Crippen molar-refractivity contribution in [3.63, 3.8) is 0 Å². The van der Waals surface area contributed by atoms with E-state index >= 15 is 0 Å². The van der Waals surface area contributed by atoms with Crippen molar-refractivity contribution in [1.29, 1.82) is 0 Å². The van der Waals surface area contributed by atoms with Crippen molar-refractivity contribution in [2.75, 3.05) is 14.1 Å². The molecule has 0 spiro atoms. The number of esters is 1. The molecule has 1 N–H and O–H groups in total. The molecule has 1 aromatic carbocycles. The van der Waals surface area contributed by atoms with E-state index in [0.29, 0.717) is 0 Å². The van der Waals surface area contributed by atoms with Crippen LogP contribution in [-0.4, -0.2) is 50.8 Å². The second-order valence-electron chi connectivity index (χ2n) is 5.64. The highest BCUT2D eigenvalue weighted by Gasteiger charge is 2.27. The Bertz CT molecular complexity index is 693. The van der Waals surface area contributed by atoms with Crippen LogP contribution in [0.15, 0.2) is 29.2 Å². The molecule has 0 aliphatic heterocycles. The maximum absolute atomic E-state index is 12.0. The zero-order valence-corrected chi connectivity index (χ0v) is 14.1. The Morgan fingerprint density at radius 1 is 1.22 bits per heavy atom. The zero-order valence-electron chi connectivity index (χ0n) is 13.3. The fraction of sp³-hybridized carbons (Fsp3) is 0.467. The lowest BCUT2D eigenvalue weighted by atomic mass is 10.2. The summed E-state index contributed by atoms with van der Waals surface area (Å²) in [6.07, 6.45) is 1.01. The maximum Gasteiger partial charge on any atom is 0.338 e. The second-order valence-corrected chi connectivity index (χ2v) is 7.79. The summed E-state index contributed by atoms with van der Waals surface area (Å²) in [5, 5.41) is 2.75. The molecule has 1 aliphatic rings. The van der Waals surface area contributed by atoms with Crippen molar-refractivity contribution in [3.8, 4) is 0 Å². The van der Waals surface area contributed by atoms with Gasteiger partial charge in [-0.25, -0.2) is 17.5 Å². The molecule has 7 nitrogen and oxygen atoms in total. The number of carbonyl (C=O) groups excluding carboxylic acids is 2. The SMILES string of the molecule is C[C@@H](OC(=O)c1ccc(S(=O)(=O)N(C)C)cc1)C(=O)NC1CC1. The Labute approximate surface area is 135 Å². The Balaban J connectivity index is 2.01. The van der Waals surface area contributed by atoms with Crippen LogP contribution >= 0.6 is 0 Å². The number of rotatable bonds is 6. The van der Waals surface area contributed by atoms with Gasteiger partial charge in [0.15, 0.2) is 6.10 Å². The lowest BCUT2D eigenvalue weighted by molar-refractivity contribution is -0.129. The molecule has 0 heterocycles. The van der Waals surface area contributed by atoms with E-state index in [4.69, 9.17) is 4.74 Å². The van der Waals surface area contributed by atoms with Crippen LogP contribution in [0.1, 0.15) is 30.1 Å².